The van der Waals surface area contributed by atoms with Gasteiger partial charge in [-0.25, -0.2) is 0 Å². The van der Waals surface area contributed by atoms with Gasteiger partial charge in [-0.15, -0.1) is 0 Å². The van der Waals surface area contributed by atoms with Crippen molar-refractivity contribution in [3.05, 3.63) is 29.8 Å². The lowest BCUT2D eigenvalue weighted by Gasteiger charge is -2.31. The lowest BCUT2D eigenvalue weighted by Crippen LogP contribution is -2.38. The third-order valence-corrected chi connectivity index (χ3v) is 3.36. The fourth-order valence-electron chi connectivity index (χ4n) is 2.36. The summed E-state index contributed by atoms with van der Waals surface area (Å²) in [4.78, 5) is 2.48. The molecule has 0 amide bonds. The Kier molecular flexibility index (Phi) is 7.03. The molecular weight excluding hydrogens is 248 g/mol. The quantitative estimate of drug-likeness (QED) is 0.753. The molecule has 0 saturated carbocycles. The molecule has 20 heavy (non-hydrogen) atoms. The summed E-state index contributed by atoms with van der Waals surface area (Å²) >= 11 is 0. The van der Waals surface area contributed by atoms with Gasteiger partial charge < -0.3 is 10.5 Å². The van der Waals surface area contributed by atoms with E-state index in [4.69, 9.17) is 10.5 Å². The van der Waals surface area contributed by atoms with E-state index in [1.807, 2.05) is 13.0 Å². The molecule has 0 unspecified atom stereocenters. The van der Waals surface area contributed by atoms with Crippen LogP contribution in [-0.4, -0.2) is 31.1 Å². The summed E-state index contributed by atoms with van der Waals surface area (Å²) in [5.74, 6) is 0.958. The van der Waals surface area contributed by atoms with Gasteiger partial charge >= 0.3 is 0 Å². The summed E-state index contributed by atoms with van der Waals surface area (Å²) < 4.78 is 5.57. The summed E-state index contributed by atoms with van der Waals surface area (Å²) in [5.41, 5.74) is 7.32. The molecule has 114 valence electrons. The van der Waals surface area contributed by atoms with Crippen molar-refractivity contribution in [2.24, 2.45) is 11.1 Å². The van der Waals surface area contributed by atoms with Crippen LogP contribution in [0.3, 0.4) is 0 Å². The zero-order valence-corrected chi connectivity index (χ0v) is 13.5. The molecule has 2 N–H and O–H groups in total. The Hall–Kier alpha value is -1.06. The maximum absolute atomic E-state index is 5.86. The Bertz CT molecular complexity index is 390. The number of nitrogens with zero attached hydrogens (tertiary/aromatic N) is 1. The van der Waals surface area contributed by atoms with Crippen molar-refractivity contribution in [1.29, 1.82) is 0 Å². The summed E-state index contributed by atoms with van der Waals surface area (Å²) in [6.45, 7) is 13.2. The first-order valence-electron chi connectivity index (χ1n) is 7.65. The Morgan fingerprint density at radius 3 is 2.60 bits per heavy atom. The largest absolute Gasteiger partial charge is 0.494 e. The molecule has 0 radical (unpaired) electrons. The molecule has 1 rings (SSSR count). The van der Waals surface area contributed by atoms with Gasteiger partial charge in [0.25, 0.3) is 0 Å². The van der Waals surface area contributed by atoms with E-state index in [9.17, 15) is 0 Å². The van der Waals surface area contributed by atoms with Crippen LogP contribution in [0.5, 0.6) is 5.75 Å². The second-order valence-corrected chi connectivity index (χ2v) is 6.16. The highest BCUT2D eigenvalue weighted by Gasteiger charge is 2.19. The van der Waals surface area contributed by atoms with Crippen molar-refractivity contribution in [1.82, 2.24) is 4.90 Å². The van der Waals surface area contributed by atoms with E-state index in [0.717, 1.165) is 31.8 Å². The fraction of sp³-hybridized carbons (Fsp3) is 0.647. The molecule has 0 fully saturated rings. The SMILES string of the molecule is CCCN(Cc1cccc(OCC)c1)CC(C)(C)CN. The third-order valence-electron chi connectivity index (χ3n) is 3.36. The van der Waals surface area contributed by atoms with Crippen molar-refractivity contribution in [3.63, 3.8) is 0 Å². The zero-order chi connectivity index (χ0) is 15.0. The van der Waals surface area contributed by atoms with E-state index in [1.165, 1.54) is 5.56 Å². The monoisotopic (exact) mass is 278 g/mol. The van der Waals surface area contributed by atoms with Crippen LogP contribution in [0.15, 0.2) is 24.3 Å². The number of hydrogen-bond acceptors (Lipinski definition) is 3. The Balaban J connectivity index is 2.71. The van der Waals surface area contributed by atoms with Crippen molar-refractivity contribution in [2.45, 2.75) is 40.7 Å². The molecule has 0 aliphatic rings. The van der Waals surface area contributed by atoms with Crippen molar-refractivity contribution >= 4 is 0 Å². The highest BCUT2D eigenvalue weighted by Crippen LogP contribution is 2.19. The topological polar surface area (TPSA) is 38.5 Å². The minimum absolute atomic E-state index is 0.159. The predicted octanol–water partition coefficient (Wildman–Crippen LogP) is 3.28. The van der Waals surface area contributed by atoms with E-state index in [2.05, 4.69) is 43.9 Å². The van der Waals surface area contributed by atoms with Gasteiger partial charge in [-0.1, -0.05) is 32.9 Å². The average Bonchev–Trinajstić information content (AvgIpc) is 2.39. The van der Waals surface area contributed by atoms with E-state index in [1.54, 1.807) is 0 Å². The van der Waals surface area contributed by atoms with Crippen LogP contribution >= 0.6 is 0 Å². The van der Waals surface area contributed by atoms with E-state index in [-0.39, 0.29) is 5.41 Å². The fourth-order valence-corrected chi connectivity index (χ4v) is 2.36. The first-order valence-corrected chi connectivity index (χ1v) is 7.65. The molecule has 0 aromatic heterocycles. The van der Waals surface area contributed by atoms with E-state index in [0.29, 0.717) is 13.2 Å². The molecule has 0 bridgehead atoms. The maximum atomic E-state index is 5.86. The normalized spacial score (nSPS) is 11.9. The molecule has 3 nitrogen and oxygen atoms in total. The highest BCUT2D eigenvalue weighted by atomic mass is 16.5. The van der Waals surface area contributed by atoms with Gasteiger partial charge in [0.1, 0.15) is 5.75 Å². The highest BCUT2D eigenvalue weighted by molar-refractivity contribution is 5.28. The number of nitrogens with two attached hydrogens (primary N) is 1. The second-order valence-electron chi connectivity index (χ2n) is 6.16. The molecule has 0 heterocycles. The first kappa shape index (κ1) is 17.0. The van der Waals surface area contributed by atoms with Crippen LogP contribution in [0, 0.1) is 5.41 Å². The maximum Gasteiger partial charge on any atom is 0.119 e. The number of rotatable bonds is 9. The third kappa shape index (κ3) is 5.93. The first-order chi connectivity index (χ1) is 9.50. The molecule has 0 aliphatic carbocycles. The summed E-state index contributed by atoms with van der Waals surface area (Å²) in [6, 6.07) is 8.39. The van der Waals surface area contributed by atoms with Gasteiger partial charge in [-0.3, -0.25) is 4.90 Å². The van der Waals surface area contributed by atoms with Crippen LogP contribution in [0.2, 0.25) is 0 Å². The second kappa shape index (κ2) is 8.28. The van der Waals surface area contributed by atoms with Crippen LogP contribution in [0.1, 0.15) is 39.7 Å². The molecule has 0 spiro atoms. The predicted molar refractivity (Wildman–Crippen MR) is 86.0 cm³/mol. The number of hydrogen-bond donors (Lipinski definition) is 1. The summed E-state index contributed by atoms with van der Waals surface area (Å²) in [6.07, 6.45) is 1.16. The summed E-state index contributed by atoms with van der Waals surface area (Å²) in [5, 5.41) is 0. The van der Waals surface area contributed by atoms with Crippen LogP contribution < -0.4 is 10.5 Å². The lowest BCUT2D eigenvalue weighted by molar-refractivity contribution is 0.176. The Morgan fingerprint density at radius 2 is 2.00 bits per heavy atom. The van der Waals surface area contributed by atoms with Gasteiger partial charge in [0.15, 0.2) is 0 Å². The minimum Gasteiger partial charge on any atom is -0.494 e. The molecule has 1 aromatic rings. The minimum atomic E-state index is 0.159. The molecule has 0 saturated heterocycles. The molecular formula is C17H30N2O. The van der Waals surface area contributed by atoms with Gasteiger partial charge in [0.05, 0.1) is 6.61 Å². The number of benzene rings is 1. The Labute approximate surface area is 124 Å². The molecule has 3 heteroatoms. The smallest absolute Gasteiger partial charge is 0.119 e. The van der Waals surface area contributed by atoms with Gasteiger partial charge in [-0.05, 0) is 49.5 Å². The van der Waals surface area contributed by atoms with Gasteiger partial charge in [-0.2, -0.15) is 0 Å². The zero-order valence-electron chi connectivity index (χ0n) is 13.5. The van der Waals surface area contributed by atoms with Gasteiger partial charge in [0, 0.05) is 13.1 Å². The molecule has 0 aliphatic heterocycles. The van der Waals surface area contributed by atoms with Crippen molar-refractivity contribution in [3.8, 4) is 5.75 Å². The molecule has 0 atom stereocenters. The van der Waals surface area contributed by atoms with Crippen molar-refractivity contribution in [2.75, 3.05) is 26.2 Å². The van der Waals surface area contributed by atoms with E-state index < -0.39 is 0 Å². The van der Waals surface area contributed by atoms with Crippen molar-refractivity contribution < 1.29 is 4.74 Å². The van der Waals surface area contributed by atoms with Gasteiger partial charge in [0.2, 0.25) is 0 Å². The number of ether oxygens (including phenoxy) is 1. The van der Waals surface area contributed by atoms with Crippen LogP contribution in [0.4, 0.5) is 0 Å². The Morgan fingerprint density at radius 1 is 1.25 bits per heavy atom. The standard InChI is InChI=1S/C17H30N2O/c1-5-10-19(14-17(3,4)13-18)12-15-8-7-9-16(11-15)20-6-2/h7-9,11H,5-6,10,12-14,18H2,1-4H3. The summed E-state index contributed by atoms with van der Waals surface area (Å²) in [7, 11) is 0. The molecule has 1 aromatic carbocycles. The van der Waals surface area contributed by atoms with E-state index >= 15 is 0 Å². The van der Waals surface area contributed by atoms with Crippen LogP contribution in [0.25, 0.3) is 0 Å². The average molecular weight is 278 g/mol. The van der Waals surface area contributed by atoms with Crippen LogP contribution in [-0.2, 0) is 6.54 Å². The lowest BCUT2D eigenvalue weighted by atomic mass is 9.93.